The fourth-order valence-corrected chi connectivity index (χ4v) is 5.97. The lowest BCUT2D eigenvalue weighted by molar-refractivity contribution is -0.605. The number of pyridine rings is 1. The molecule has 1 unspecified atom stereocenters. The Morgan fingerprint density at radius 3 is 2.49 bits per heavy atom. The summed E-state index contributed by atoms with van der Waals surface area (Å²) in [5.74, 6) is -1.12. The topological polar surface area (TPSA) is 138 Å². The first-order valence-electron chi connectivity index (χ1n) is 13.6. The predicted molar refractivity (Wildman–Crippen MR) is 160 cm³/mol. The molecular formula is C29H27Cl2F2N3O8S. The molecule has 2 aliphatic rings. The minimum Gasteiger partial charge on any atom is -0.619 e. The van der Waals surface area contributed by atoms with Crippen molar-refractivity contribution in [3.05, 3.63) is 80.7 Å². The zero-order valence-electron chi connectivity index (χ0n) is 23.7. The minimum atomic E-state index is -3.55. The second-order valence-electron chi connectivity index (χ2n) is 10.7. The van der Waals surface area contributed by atoms with Gasteiger partial charge in [0.05, 0.1) is 19.3 Å². The number of hydrogen-bond acceptors (Lipinski definition) is 8. The highest BCUT2D eigenvalue weighted by atomic mass is 35.5. The van der Waals surface area contributed by atoms with E-state index in [0.717, 1.165) is 31.5 Å². The highest BCUT2D eigenvalue weighted by Gasteiger charge is 2.32. The van der Waals surface area contributed by atoms with E-state index in [4.69, 9.17) is 32.7 Å². The second kappa shape index (κ2) is 13.2. The van der Waals surface area contributed by atoms with E-state index in [1.807, 2.05) is 0 Å². The number of alkyl halides is 2. The first-order valence-corrected chi connectivity index (χ1v) is 16.3. The lowest BCUT2D eigenvalue weighted by atomic mass is 10.0. The predicted octanol–water partition coefficient (Wildman–Crippen LogP) is 4.80. The minimum absolute atomic E-state index is 0.00330. The molecule has 0 spiro atoms. The summed E-state index contributed by atoms with van der Waals surface area (Å²) in [4.78, 5) is 27.4. The number of benzene rings is 2. The van der Waals surface area contributed by atoms with Gasteiger partial charge in [0.15, 0.2) is 23.9 Å². The smallest absolute Gasteiger partial charge is 0.387 e. The Morgan fingerprint density at radius 1 is 1.13 bits per heavy atom. The van der Waals surface area contributed by atoms with E-state index in [0.29, 0.717) is 27.5 Å². The zero-order chi connectivity index (χ0) is 32.5. The number of hydrogen-bond donors (Lipinski definition) is 1. The van der Waals surface area contributed by atoms with Crippen LogP contribution in [0.5, 0.6) is 11.5 Å². The normalized spacial score (nSPS) is 15.2. The van der Waals surface area contributed by atoms with Crippen LogP contribution in [0.3, 0.4) is 0 Å². The van der Waals surface area contributed by atoms with Crippen molar-refractivity contribution >= 4 is 56.5 Å². The number of carbonyl (C=O) groups excluding carboxylic acids is 2. The molecule has 5 rings (SSSR count). The molecule has 1 N–H and O–H groups in total. The molecule has 2 aromatic carbocycles. The molecule has 1 saturated carbocycles. The van der Waals surface area contributed by atoms with Gasteiger partial charge >= 0.3 is 12.6 Å². The van der Waals surface area contributed by atoms with Gasteiger partial charge in [0.2, 0.25) is 15.9 Å². The van der Waals surface area contributed by atoms with E-state index in [-0.39, 0.29) is 52.2 Å². The number of rotatable bonds is 13. The highest BCUT2D eigenvalue weighted by Crippen LogP contribution is 2.38. The summed E-state index contributed by atoms with van der Waals surface area (Å²) < 4.78 is 68.4. The molecule has 3 aromatic rings. The third-order valence-corrected chi connectivity index (χ3v) is 8.31. The van der Waals surface area contributed by atoms with Gasteiger partial charge in [-0.3, -0.25) is 14.3 Å². The molecule has 1 fully saturated rings. The van der Waals surface area contributed by atoms with Crippen LogP contribution in [-0.4, -0.2) is 46.3 Å². The third-order valence-electron chi connectivity index (χ3n) is 7.05. The molecule has 16 heteroatoms. The number of carbonyl (C=O) groups is 2. The number of ether oxygens (including phenoxy) is 3. The van der Waals surface area contributed by atoms with Gasteiger partial charge in [0.25, 0.3) is 0 Å². The van der Waals surface area contributed by atoms with Crippen molar-refractivity contribution in [3.8, 4) is 11.5 Å². The van der Waals surface area contributed by atoms with Crippen molar-refractivity contribution in [2.45, 2.75) is 38.4 Å². The van der Waals surface area contributed by atoms with Crippen molar-refractivity contribution in [3.63, 3.8) is 0 Å². The molecule has 1 atom stereocenters. The SMILES string of the molecule is CS(=O)(=O)Nc1ccc2c(c1)CC(=O)N2CC(=O)OC(Cc1c(Cl)c[n+]([O-])cc1Cl)c1ccc(OC(F)F)c(OCC2CC2)c1. The number of nitrogens with zero attached hydrogens (tertiary/aromatic N) is 2. The van der Waals surface area contributed by atoms with Crippen LogP contribution in [-0.2, 0) is 37.2 Å². The number of amides is 1. The number of sulfonamides is 1. The molecule has 2 heterocycles. The van der Waals surface area contributed by atoms with Crippen LogP contribution in [0, 0.1) is 11.1 Å². The Labute approximate surface area is 267 Å². The van der Waals surface area contributed by atoms with Crippen LogP contribution >= 0.6 is 23.2 Å². The Balaban J connectivity index is 1.42. The molecule has 1 aliphatic carbocycles. The summed E-state index contributed by atoms with van der Waals surface area (Å²) in [6, 6.07) is 8.61. The number of aromatic nitrogens is 1. The maximum Gasteiger partial charge on any atom is 0.387 e. The average molecular weight is 687 g/mol. The summed E-state index contributed by atoms with van der Waals surface area (Å²) in [5.41, 5.74) is 1.80. The van der Waals surface area contributed by atoms with Crippen LogP contribution < -0.4 is 23.8 Å². The highest BCUT2D eigenvalue weighted by molar-refractivity contribution is 7.92. The van der Waals surface area contributed by atoms with Crippen LogP contribution in [0.4, 0.5) is 20.2 Å². The second-order valence-corrected chi connectivity index (χ2v) is 13.3. The maximum absolute atomic E-state index is 13.3. The molecule has 11 nitrogen and oxygen atoms in total. The molecule has 240 valence electrons. The van der Waals surface area contributed by atoms with Gasteiger partial charge in [-0.1, -0.05) is 29.3 Å². The van der Waals surface area contributed by atoms with Crippen molar-refractivity contribution in [1.29, 1.82) is 0 Å². The largest absolute Gasteiger partial charge is 0.619 e. The van der Waals surface area contributed by atoms with E-state index < -0.39 is 41.2 Å². The summed E-state index contributed by atoms with van der Waals surface area (Å²) in [7, 11) is -3.55. The first kappa shape index (κ1) is 32.5. The van der Waals surface area contributed by atoms with Gasteiger partial charge in [-0.15, -0.1) is 0 Å². The third kappa shape index (κ3) is 8.44. The van der Waals surface area contributed by atoms with Crippen molar-refractivity contribution < 1.29 is 45.7 Å². The number of halogens is 4. The first-order chi connectivity index (χ1) is 21.3. The molecule has 0 radical (unpaired) electrons. The molecule has 1 aliphatic heterocycles. The standard InChI is InChI=1S/C29H27Cl2F2N3O8S/c1-45(40,41)34-19-5-6-23-18(8-19)10-27(37)36(23)14-28(38)43-25(11-20-21(30)12-35(39)13-22(20)31)17-4-7-24(44-29(32)33)26(9-17)42-15-16-2-3-16/h4-9,12-13,16,25,29,34H,2-3,10-11,14-15H2,1H3. The number of anilines is 2. The summed E-state index contributed by atoms with van der Waals surface area (Å²) >= 11 is 12.6. The van der Waals surface area contributed by atoms with Crippen molar-refractivity contribution in [1.82, 2.24) is 0 Å². The molecule has 0 bridgehead atoms. The summed E-state index contributed by atoms with van der Waals surface area (Å²) in [6.07, 6.45) is 3.76. The fraction of sp³-hybridized carbons (Fsp3) is 0.345. The van der Waals surface area contributed by atoms with Gasteiger partial charge in [0, 0.05) is 23.4 Å². The Kier molecular flexibility index (Phi) is 9.56. The Hall–Kier alpha value is -3.88. The van der Waals surface area contributed by atoms with Gasteiger partial charge in [-0.05, 0) is 60.2 Å². The molecule has 45 heavy (non-hydrogen) atoms. The van der Waals surface area contributed by atoms with Gasteiger partial charge in [0.1, 0.15) is 22.7 Å². The Morgan fingerprint density at radius 2 is 1.84 bits per heavy atom. The van der Waals surface area contributed by atoms with Crippen LogP contribution in [0.1, 0.15) is 35.6 Å². The quantitative estimate of drug-likeness (QED) is 0.154. The van der Waals surface area contributed by atoms with E-state index in [2.05, 4.69) is 9.46 Å². The molecular weight excluding hydrogens is 659 g/mol. The van der Waals surface area contributed by atoms with E-state index in [9.17, 15) is 32.0 Å². The Bertz CT molecular complexity index is 1720. The van der Waals surface area contributed by atoms with Crippen molar-refractivity contribution in [2.24, 2.45) is 5.92 Å². The lowest BCUT2D eigenvalue weighted by Crippen LogP contribution is -2.34. The molecule has 1 amide bonds. The summed E-state index contributed by atoms with van der Waals surface area (Å²) in [5, 5.41) is 11.8. The molecule has 1 aromatic heterocycles. The maximum atomic E-state index is 13.3. The van der Waals surface area contributed by atoms with Crippen LogP contribution in [0.15, 0.2) is 48.8 Å². The number of esters is 1. The van der Waals surface area contributed by atoms with E-state index in [1.165, 1.54) is 41.3 Å². The fourth-order valence-electron chi connectivity index (χ4n) is 4.82. The number of nitrogens with one attached hydrogen (secondary N) is 1. The van der Waals surface area contributed by atoms with E-state index in [1.54, 1.807) is 0 Å². The van der Waals surface area contributed by atoms with Gasteiger partial charge in [-0.25, -0.2) is 8.42 Å². The zero-order valence-corrected chi connectivity index (χ0v) is 26.0. The van der Waals surface area contributed by atoms with Crippen LogP contribution in [0.25, 0.3) is 0 Å². The monoisotopic (exact) mass is 685 g/mol. The van der Waals surface area contributed by atoms with Crippen molar-refractivity contribution in [2.75, 3.05) is 29.0 Å². The lowest BCUT2D eigenvalue weighted by Gasteiger charge is -2.23. The summed E-state index contributed by atoms with van der Waals surface area (Å²) in [6.45, 7) is -3.31. The molecule has 0 saturated heterocycles. The van der Waals surface area contributed by atoms with E-state index >= 15 is 0 Å². The average Bonchev–Trinajstić information content (AvgIpc) is 3.71. The van der Waals surface area contributed by atoms with Gasteiger partial charge in [-0.2, -0.15) is 13.5 Å². The van der Waals surface area contributed by atoms with Gasteiger partial charge < -0.3 is 24.3 Å². The number of fused-ring (bicyclic) bond motifs is 1. The van der Waals surface area contributed by atoms with Crippen LogP contribution in [0.2, 0.25) is 10.0 Å².